The Morgan fingerprint density at radius 1 is 1.21 bits per heavy atom. The smallest absolute Gasteiger partial charge is 0.246 e. The molecule has 0 aromatic heterocycles. The normalized spacial score (nSPS) is 20.3. The molecule has 29 heavy (non-hydrogen) atoms. The van der Waals surface area contributed by atoms with Gasteiger partial charge in [-0.1, -0.05) is 29.3 Å². The first-order valence-electron chi connectivity index (χ1n) is 9.46. The van der Waals surface area contributed by atoms with Crippen molar-refractivity contribution >= 4 is 46.2 Å². The SMILES string of the molecule is CC1CN(c2ccc(NC(C)C(=O)Nc3cccc(Cl)c3Cl)cc2F)CC(C)O1. The lowest BCUT2D eigenvalue weighted by Gasteiger charge is -2.37. The maximum absolute atomic E-state index is 14.7. The number of morpholine rings is 1. The number of hydrogen-bond donors (Lipinski definition) is 2. The summed E-state index contributed by atoms with van der Waals surface area (Å²) in [6, 6.07) is 9.28. The lowest BCUT2D eigenvalue weighted by molar-refractivity contribution is -0.116. The number of halogens is 3. The quantitative estimate of drug-likeness (QED) is 0.673. The second-order valence-electron chi connectivity index (χ2n) is 7.29. The molecule has 1 fully saturated rings. The van der Waals surface area contributed by atoms with E-state index >= 15 is 0 Å². The molecule has 1 saturated heterocycles. The van der Waals surface area contributed by atoms with E-state index in [1.807, 2.05) is 18.7 Å². The van der Waals surface area contributed by atoms with Crippen LogP contribution < -0.4 is 15.5 Å². The van der Waals surface area contributed by atoms with Gasteiger partial charge in [0.1, 0.15) is 11.9 Å². The molecule has 3 atom stereocenters. The van der Waals surface area contributed by atoms with Crippen LogP contribution in [0, 0.1) is 5.82 Å². The summed E-state index contributed by atoms with van der Waals surface area (Å²) in [6.45, 7) is 6.90. The Kier molecular flexibility index (Phi) is 6.88. The maximum atomic E-state index is 14.7. The van der Waals surface area contributed by atoms with Gasteiger partial charge >= 0.3 is 0 Å². The molecule has 1 heterocycles. The number of anilines is 3. The third-order valence-electron chi connectivity index (χ3n) is 4.69. The highest BCUT2D eigenvalue weighted by Crippen LogP contribution is 2.30. The molecule has 8 heteroatoms. The molecule has 2 aromatic rings. The fraction of sp³-hybridized carbons (Fsp3) is 0.381. The molecule has 5 nitrogen and oxygen atoms in total. The first-order chi connectivity index (χ1) is 13.7. The number of hydrogen-bond acceptors (Lipinski definition) is 4. The minimum Gasteiger partial charge on any atom is -0.374 e. The number of carbonyl (C=O) groups excluding carboxylic acids is 1. The van der Waals surface area contributed by atoms with Crippen molar-refractivity contribution in [1.82, 2.24) is 0 Å². The summed E-state index contributed by atoms with van der Waals surface area (Å²) < 4.78 is 20.4. The van der Waals surface area contributed by atoms with Gasteiger partial charge < -0.3 is 20.3 Å². The van der Waals surface area contributed by atoms with Crippen molar-refractivity contribution in [1.29, 1.82) is 0 Å². The Bertz CT molecular complexity index is 886. The first kappa shape index (κ1) is 21.7. The van der Waals surface area contributed by atoms with Crippen LogP contribution in [0.2, 0.25) is 10.0 Å². The van der Waals surface area contributed by atoms with Crippen LogP contribution in [0.25, 0.3) is 0 Å². The summed E-state index contributed by atoms with van der Waals surface area (Å²) in [5, 5.41) is 6.37. The molecular formula is C21H24Cl2FN3O2. The molecule has 3 unspecified atom stereocenters. The summed E-state index contributed by atoms with van der Waals surface area (Å²) in [6.07, 6.45) is 0.0796. The number of nitrogens with zero attached hydrogens (tertiary/aromatic N) is 1. The number of nitrogens with one attached hydrogen (secondary N) is 2. The number of ether oxygens (including phenoxy) is 1. The fourth-order valence-electron chi connectivity index (χ4n) is 3.38. The molecule has 2 N–H and O–H groups in total. The van der Waals surface area contributed by atoms with Crippen molar-refractivity contribution in [3.05, 3.63) is 52.3 Å². The molecule has 3 rings (SSSR count). The van der Waals surface area contributed by atoms with E-state index in [1.54, 1.807) is 37.3 Å². The van der Waals surface area contributed by atoms with Gasteiger partial charge in [0.05, 0.1) is 33.6 Å². The maximum Gasteiger partial charge on any atom is 0.246 e. The van der Waals surface area contributed by atoms with Gasteiger partial charge in [0.15, 0.2) is 0 Å². The number of rotatable bonds is 5. The van der Waals surface area contributed by atoms with E-state index in [0.717, 1.165) is 0 Å². The minimum absolute atomic E-state index is 0.0398. The van der Waals surface area contributed by atoms with Crippen LogP contribution in [0.15, 0.2) is 36.4 Å². The van der Waals surface area contributed by atoms with Crippen LogP contribution in [0.4, 0.5) is 21.5 Å². The number of amides is 1. The Hall–Kier alpha value is -2.02. The highest BCUT2D eigenvalue weighted by Gasteiger charge is 2.24. The monoisotopic (exact) mass is 439 g/mol. The van der Waals surface area contributed by atoms with Gasteiger partial charge in [-0.2, -0.15) is 0 Å². The molecule has 0 bridgehead atoms. The third-order valence-corrected chi connectivity index (χ3v) is 5.51. The van der Waals surface area contributed by atoms with E-state index in [-0.39, 0.29) is 29.0 Å². The zero-order valence-electron chi connectivity index (χ0n) is 16.5. The lowest BCUT2D eigenvalue weighted by Crippen LogP contribution is -2.45. The molecule has 0 saturated carbocycles. The summed E-state index contributed by atoms with van der Waals surface area (Å²) in [5.74, 6) is -0.656. The Morgan fingerprint density at radius 3 is 2.55 bits per heavy atom. The topological polar surface area (TPSA) is 53.6 Å². The average Bonchev–Trinajstić information content (AvgIpc) is 2.64. The van der Waals surface area contributed by atoms with Crippen LogP contribution in [-0.2, 0) is 9.53 Å². The van der Waals surface area contributed by atoms with Gasteiger partial charge in [-0.3, -0.25) is 4.79 Å². The first-order valence-corrected chi connectivity index (χ1v) is 10.2. The highest BCUT2D eigenvalue weighted by atomic mass is 35.5. The molecule has 1 aliphatic rings. The van der Waals surface area contributed by atoms with E-state index < -0.39 is 6.04 Å². The minimum atomic E-state index is -0.612. The van der Waals surface area contributed by atoms with Crippen molar-refractivity contribution in [3.8, 4) is 0 Å². The number of carbonyl (C=O) groups is 1. The summed E-state index contributed by atoms with van der Waals surface area (Å²) in [4.78, 5) is 14.4. The zero-order chi connectivity index (χ0) is 21.1. The molecule has 0 radical (unpaired) electrons. The standard InChI is InChI=1S/C21H24Cl2FN3O2/c1-12-10-27(11-13(2)29-12)19-8-7-15(9-17(19)24)25-14(3)21(28)26-18-6-4-5-16(22)20(18)23/h4-9,12-14,25H,10-11H2,1-3H3,(H,26,28). The van der Waals surface area contributed by atoms with E-state index in [1.165, 1.54) is 6.07 Å². The van der Waals surface area contributed by atoms with Crippen LogP contribution in [0.5, 0.6) is 0 Å². The van der Waals surface area contributed by atoms with Crippen LogP contribution >= 0.6 is 23.2 Å². The molecule has 0 aliphatic carbocycles. The predicted molar refractivity (Wildman–Crippen MR) is 117 cm³/mol. The zero-order valence-corrected chi connectivity index (χ0v) is 18.0. The second-order valence-corrected chi connectivity index (χ2v) is 8.07. The second kappa shape index (κ2) is 9.20. The van der Waals surface area contributed by atoms with Crippen molar-refractivity contribution in [2.24, 2.45) is 0 Å². The average molecular weight is 440 g/mol. The Labute approximate surface area is 180 Å². The molecule has 156 valence electrons. The molecule has 2 aromatic carbocycles. The molecule has 0 spiro atoms. The van der Waals surface area contributed by atoms with E-state index in [9.17, 15) is 9.18 Å². The van der Waals surface area contributed by atoms with Crippen LogP contribution in [0.1, 0.15) is 20.8 Å². The Morgan fingerprint density at radius 2 is 1.90 bits per heavy atom. The van der Waals surface area contributed by atoms with Crippen LogP contribution in [-0.4, -0.2) is 37.2 Å². The highest BCUT2D eigenvalue weighted by molar-refractivity contribution is 6.44. The lowest BCUT2D eigenvalue weighted by atomic mass is 10.1. The molecule has 1 aliphatic heterocycles. The van der Waals surface area contributed by atoms with Gasteiger partial charge in [0.2, 0.25) is 5.91 Å². The van der Waals surface area contributed by atoms with E-state index in [0.29, 0.717) is 35.2 Å². The van der Waals surface area contributed by atoms with Crippen LogP contribution in [0.3, 0.4) is 0 Å². The van der Waals surface area contributed by atoms with Crippen molar-refractivity contribution < 1.29 is 13.9 Å². The van der Waals surface area contributed by atoms with Gasteiger partial charge in [0.25, 0.3) is 0 Å². The Balaban J connectivity index is 1.66. The largest absolute Gasteiger partial charge is 0.374 e. The molecular weight excluding hydrogens is 416 g/mol. The van der Waals surface area contributed by atoms with Gasteiger partial charge in [-0.15, -0.1) is 0 Å². The van der Waals surface area contributed by atoms with Gasteiger partial charge in [0, 0.05) is 18.8 Å². The van der Waals surface area contributed by atoms with Crippen molar-refractivity contribution in [2.45, 2.75) is 39.0 Å². The van der Waals surface area contributed by atoms with Crippen molar-refractivity contribution in [2.75, 3.05) is 28.6 Å². The number of benzene rings is 2. The fourth-order valence-corrected chi connectivity index (χ4v) is 3.73. The third kappa shape index (κ3) is 5.32. The molecule has 1 amide bonds. The van der Waals surface area contributed by atoms with E-state index in [2.05, 4.69) is 10.6 Å². The predicted octanol–water partition coefficient (Wildman–Crippen LogP) is 5.19. The van der Waals surface area contributed by atoms with Gasteiger partial charge in [-0.25, -0.2) is 4.39 Å². The van der Waals surface area contributed by atoms with E-state index in [4.69, 9.17) is 27.9 Å². The van der Waals surface area contributed by atoms with Gasteiger partial charge in [-0.05, 0) is 51.1 Å². The summed E-state index contributed by atoms with van der Waals surface area (Å²) in [5.41, 5.74) is 1.47. The van der Waals surface area contributed by atoms with Crippen molar-refractivity contribution in [3.63, 3.8) is 0 Å². The summed E-state index contributed by atoms with van der Waals surface area (Å²) >= 11 is 12.1. The summed E-state index contributed by atoms with van der Waals surface area (Å²) in [7, 11) is 0.